The molecule has 0 unspecified atom stereocenters. The van der Waals surface area contributed by atoms with Gasteiger partial charge in [0.2, 0.25) is 5.91 Å². The first-order valence-corrected chi connectivity index (χ1v) is 7.26. The lowest BCUT2D eigenvalue weighted by atomic mass is 10.1. The van der Waals surface area contributed by atoms with E-state index >= 15 is 0 Å². The number of nitrogen functional groups attached to an aromatic ring is 1. The molecule has 0 aliphatic heterocycles. The van der Waals surface area contributed by atoms with Crippen LogP contribution in [0, 0.1) is 6.92 Å². The Morgan fingerprint density at radius 2 is 1.90 bits per heavy atom. The Morgan fingerprint density at radius 1 is 1.19 bits per heavy atom. The summed E-state index contributed by atoms with van der Waals surface area (Å²) in [7, 11) is 0. The second-order valence-corrected chi connectivity index (χ2v) is 6.02. The van der Waals surface area contributed by atoms with Crippen LogP contribution in [0.25, 0.3) is 0 Å². The van der Waals surface area contributed by atoms with Crippen LogP contribution in [0.15, 0.2) is 36.4 Å². The van der Waals surface area contributed by atoms with Gasteiger partial charge in [-0.15, -0.1) is 11.3 Å². The molecule has 2 rings (SSSR count). The lowest BCUT2D eigenvalue weighted by Crippen LogP contribution is -2.37. The number of anilines is 1. The molecule has 6 heteroatoms. The molecule has 0 aliphatic rings. The van der Waals surface area contributed by atoms with Crippen LogP contribution in [0.3, 0.4) is 0 Å². The predicted molar refractivity (Wildman–Crippen MR) is 83.8 cm³/mol. The summed E-state index contributed by atoms with van der Waals surface area (Å²) in [4.78, 5) is 26.8. The number of primary amides is 1. The average molecular weight is 303 g/mol. The molecule has 21 heavy (non-hydrogen) atoms. The first-order chi connectivity index (χ1) is 9.97. The fraction of sp³-hybridized carbons (Fsp3) is 0.200. The Morgan fingerprint density at radius 3 is 2.48 bits per heavy atom. The number of hydrogen-bond acceptors (Lipinski definition) is 4. The lowest BCUT2D eigenvalue weighted by Gasteiger charge is -2.21. The van der Waals surface area contributed by atoms with Crippen LogP contribution in [0.5, 0.6) is 0 Å². The maximum absolute atomic E-state index is 12.5. The van der Waals surface area contributed by atoms with Gasteiger partial charge in [-0.3, -0.25) is 9.59 Å². The van der Waals surface area contributed by atoms with Crippen molar-refractivity contribution in [3.05, 3.63) is 51.7 Å². The van der Waals surface area contributed by atoms with Crippen LogP contribution in [-0.2, 0) is 11.3 Å². The molecule has 2 aromatic rings. The fourth-order valence-electron chi connectivity index (χ4n) is 1.98. The Kier molecular flexibility index (Phi) is 4.59. The summed E-state index contributed by atoms with van der Waals surface area (Å²) in [6.07, 6.45) is 0. The van der Waals surface area contributed by atoms with Crippen LogP contribution in [0.1, 0.15) is 20.1 Å². The molecule has 0 radical (unpaired) electrons. The van der Waals surface area contributed by atoms with Crippen molar-refractivity contribution in [3.63, 3.8) is 0 Å². The SMILES string of the molecule is Cc1ccc(C(=O)N(CC(N)=O)Cc2ccccc2N)s1. The second kappa shape index (κ2) is 6.41. The summed E-state index contributed by atoms with van der Waals surface area (Å²) in [5.41, 5.74) is 12.5. The minimum atomic E-state index is -0.550. The second-order valence-electron chi connectivity index (χ2n) is 4.74. The van der Waals surface area contributed by atoms with Crippen molar-refractivity contribution in [3.8, 4) is 0 Å². The van der Waals surface area contributed by atoms with Gasteiger partial charge < -0.3 is 16.4 Å². The lowest BCUT2D eigenvalue weighted by molar-refractivity contribution is -0.118. The summed E-state index contributed by atoms with van der Waals surface area (Å²) in [5, 5.41) is 0. The number of benzene rings is 1. The van der Waals surface area contributed by atoms with E-state index in [1.54, 1.807) is 12.1 Å². The zero-order valence-electron chi connectivity index (χ0n) is 11.7. The maximum atomic E-state index is 12.5. The summed E-state index contributed by atoms with van der Waals surface area (Å²) in [5.74, 6) is -0.763. The molecule has 0 saturated heterocycles. The van der Waals surface area contributed by atoms with Crippen molar-refractivity contribution in [1.82, 2.24) is 4.90 Å². The van der Waals surface area contributed by atoms with Crippen molar-refractivity contribution >= 4 is 28.8 Å². The topological polar surface area (TPSA) is 89.4 Å². The van der Waals surface area contributed by atoms with Gasteiger partial charge in [-0.05, 0) is 30.7 Å². The van der Waals surface area contributed by atoms with E-state index in [0.29, 0.717) is 10.6 Å². The number of thiophene rings is 1. The zero-order chi connectivity index (χ0) is 15.4. The molecule has 0 saturated carbocycles. The maximum Gasteiger partial charge on any atom is 0.264 e. The van der Waals surface area contributed by atoms with Gasteiger partial charge in [0.15, 0.2) is 0 Å². The van der Waals surface area contributed by atoms with E-state index in [0.717, 1.165) is 10.4 Å². The molecule has 0 atom stereocenters. The number of carbonyl (C=O) groups is 2. The zero-order valence-corrected chi connectivity index (χ0v) is 12.5. The summed E-state index contributed by atoms with van der Waals surface area (Å²) >= 11 is 1.39. The van der Waals surface area contributed by atoms with E-state index in [4.69, 9.17) is 11.5 Å². The van der Waals surface area contributed by atoms with Crippen molar-refractivity contribution in [1.29, 1.82) is 0 Å². The Hall–Kier alpha value is -2.34. The largest absolute Gasteiger partial charge is 0.398 e. The Bertz CT molecular complexity index is 666. The fourth-order valence-corrected chi connectivity index (χ4v) is 2.81. The molecular weight excluding hydrogens is 286 g/mol. The third-order valence-electron chi connectivity index (χ3n) is 3.00. The van der Waals surface area contributed by atoms with Gasteiger partial charge >= 0.3 is 0 Å². The Balaban J connectivity index is 2.24. The summed E-state index contributed by atoms with van der Waals surface area (Å²) < 4.78 is 0. The van der Waals surface area contributed by atoms with E-state index in [-0.39, 0.29) is 19.0 Å². The third kappa shape index (κ3) is 3.82. The molecule has 1 aromatic heterocycles. The van der Waals surface area contributed by atoms with Crippen molar-refractivity contribution < 1.29 is 9.59 Å². The third-order valence-corrected chi connectivity index (χ3v) is 3.99. The number of rotatable bonds is 5. The molecule has 0 aliphatic carbocycles. The number of hydrogen-bond donors (Lipinski definition) is 2. The van der Waals surface area contributed by atoms with Crippen LogP contribution in [-0.4, -0.2) is 23.3 Å². The van der Waals surface area contributed by atoms with Gasteiger partial charge in [0, 0.05) is 17.1 Å². The molecule has 1 aromatic carbocycles. The minimum Gasteiger partial charge on any atom is -0.398 e. The smallest absolute Gasteiger partial charge is 0.264 e. The van der Waals surface area contributed by atoms with E-state index in [1.807, 2.05) is 31.2 Å². The van der Waals surface area contributed by atoms with Gasteiger partial charge in [-0.1, -0.05) is 18.2 Å². The van der Waals surface area contributed by atoms with Crippen molar-refractivity contribution in [2.24, 2.45) is 5.73 Å². The van der Waals surface area contributed by atoms with Crippen molar-refractivity contribution in [2.75, 3.05) is 12.3 Å². The van der Waals surface area contributed by atoms with Gasteiger partial charge in [0.25, 0.3) is 5.91 Å². The van der Waals surface area contributed by atoms with Crippen LogP contribution >= 0.6 is 11.3 Å². The number of nitrogens with zero attached hydrogens (tertiary/aromatic N) is 1. The molecule has 4 N–H and O–H groups in total. The summed E-state index contributed by atoms with van der Waals surface area (Å²) in [6, 6.07) is 10.9. The minimum absolute atomic E-state index is 0.135. The van der Waals surface area contributed by atoms with E-state index in [9.17, 15) is 9.59 Å². The van der Waals surface area contributed by atoms with E-state index < -0.39 is 5.91 Å². The molecule has 0 fully saturated rings. The van der Waals surface area contributed by atoms with Crippen LogP contribution in [0.4, 0.5) is 5.69 Å². The first kappa shape index (κ1) is 15.1. The normalized spacial score (nSPS) is 10.3. The summed E-state index contributed by atoms with van der Waals surface area (Å²) in [6.45, 7) is 2.05. The highest BCUT2D eigenvalue weighted by Crippen LogP contribution is 2.20. The molecule has 5 nitrogen and oxygen atoms in total. The van der Waals surface area contributed by atoms with Gasteiger partial charge in [-0.2, -0.15) is 0 Å². The molecule has 0 spiro atoms. The monoisotopic (exact) mass is 303 g/mol. The molecule has 2 amide bonds. The number of aryl methyl sites for hydroxylation is 1. The first-order valence-electron chi connectivity index (χ1n) is 6.45. The van der Waals surface area contributed by atoms with Crippen molar-refractivity contribution in [2.45, 2.75) is 13.5 Å². The highest BCUT2D eigenvalue weighted by molar-refractivity contribution is 7.13. The van der Waals surface area contributed by atoms with E-state index in [1.165, 1.54) is 16.2 Å². The van der Waals surface area contributed by atoms with Gasteiger partial charge in [0.05, 0.1) is 4.88 Å². The molecule has 110 valence electrons. The Labute approximate surface area is 127 Å². The van der Waals surface area contributed by atoms with E-state index in [2.05, 4.69) is 0 Å². The van der Waals surface area contributed by atoms with Gasteiger partial charge in [-0.25, -0.2) is 0 Å². The highest BCUT2D eigenvalue weighted by Gasteiger charge is 2.20. The molecular formula is C15H17N3O2S. The quantitative estimate of drug-likeness (QED) is 0.825. The number of para-hydroxylation sites is 1. The molecule has 0 bridgehead atoms. The predicted octanol–water partition coefficient (Wildman–Crippen LogP) is 1.77. The standard InChI is InChI=1S/C15H17N3O2S/c1-10-6-7-13(21-10)15(20)18(9-14(17)19)8-11-4-2-3-5-12(11)16/h2-7H,8-9,16H2,1H3,(H2,17,19). The number of amides is 2. The van der Waals surface area contributed by atoms with Gasteiger partial charge in [0.1, 0.15) is 6.54 Å². The van der Waals surface area contributed by atoms with Crippen LogP contribution in [0.2, 0.25) is 0 Å². The highest BCUT2D eigenvalue weighted by atomic mass is 32.1. The number of nitrogens with two attached hydrogens (primary N) is 2. The number of carbonyl (C=O) groups excluding carboxylic acids is 2. The molecule has 1 heterocycles. The van der Waals surface area contributed by atoms with Crippen LogP contribution < -0.4 is 11.5 Å². The average Bonchev–Trinajstić information content (AvgIpc) is 2.86.